The van der Waals surface area contributed by atoms with E-state index in [1.54, 1.807) is 20.8 Å². The van der Waals surface area contributed by atoms with E-state index in [1.165, 1.54) is 30.4 Å². The molecule has 2 aliphatic rings. The largest absolute Gasteiger partial charge is 1.00 e. The van der Waals surface area contributed by atoms with Crippen LogP contribution in [-0.4, -0.2) is 48.5 Å². The molecule has 0 radical (unpaired) electrons. The summed E-state index contributed by atoms with van der Waals surface area (Å²) in [5.74, 6) is 0.415. The third kappa shape index (κ3) is 14.6. The maximum Gasteiger partial charge on any atom is 1.00 e. The smallest absolute Gasteiger partial charge is 0.470 e. The van der Waals surface area contributed by atoms with E-state index in [4.69, 9.17) is 10.1 Å². The summed E-state index contributed by atoms with van der Waals surface area (Å²) in [5, 5.41) is 7.85. The van der Waals surface area contributed by atoms with Gasteiger partial charge < -0.3 is 19.8 Å². The molecule has 1 aliphatic heterocycles. The van der Waals surface area contributed by atoms with Crippen molar-refractivity contribution in [2.75, 3.05) is 20.2 Å². The van der Waals surface area contributed by atoms with Gasteiger partial charge in [-0.3, -0.25) is 10.9 Å². The van der Waals surface area contributed by atoms with Gasteiger partial charge in [0.1, 0.15) is 5.60 Å². The van der Waals surface area contributed by atoms with Gasteiger partial charge in [0.15, 0.2) is 0 Å². The fraction of sp³-hybridized carbons (Fsp3) is 0.593. The second-order valence-electron chi connectivity index (χ2n) is 8.15. The summed E-state index contributed by atoms with van der Waals surface area (Å²) in [6, 6.07) is 11.3. The molecule has 6 nitrogen and oxygen atoms in total. The molecule has 0 atom stereocenters. The van der Waals surface area contributed by atoms with Crippen LogP contribution in [-0.2, 0) is 14.3 Å². The molecule has 1 N–H and O–H groups in total. The molecule has 1 amide bonds. The number of esters is 1. The van der Waals surface area contributed by atoms with Crippen molar-refractivity contribution in [3.05, 3.63) is 47.5 Å². The molecule has 186 valence electrons. The van der Waals surface area contributed by atoms with Gasteiger partial charge in [-0.05, 0) is 39.5 Å². The van der Waals surface area contributed by atoms with E-state index < -0.39 is 17.7 Å². The number of carbonyl (C=O) groups is 2. The maximum atomic E-state index is 12.0. The Hall–Kier alpha value is -1.63. The predicted molar refractivity (Wildman–Crippen MR) is 133 cm³/mol. The molecular formula is C27H42N2NaO4-. The molecule has 34 heavy (non-hydrogen) atoms. The third-order valence-corrected chi connectivity index (χ3v) is 4.43. The number of hydrogen-bond donors (Lipinski definition) is 1. The van der Waals surface area contributed by atoms with Crippen LogP contribution in [0.15, 0.2) is 29.8 Å². The second-order valence-corrected chi connectivity index (χ2v) is 8.15. The molecule has 0 aromatic heterocycles. The Bertz CT molecular complexity index is 754. The summed E-state index contributed by atoms with van der Waals surface area (Å²) in [6.07, 6.45) is 5.82. The van der Waals surface area contributed by atoms with Crippen molar-refractivity contribution >= 4 is 17.8 Å². The van der Waals surface area contributed by atoms with Crippen molar-refractivity contribution in [1.82, 2.24) is 4.90 Å². The standard InChI is InChI=1S/C14H21N2O4.C9H9.2C2H6.Na/c1-14(2,3)20-13(18)16-7-5-6-10(9-16)11(15)8-12(17)19-4;1-2-4-8(5-3-1)9-6-7-9;2*1-2;/h15H,5,7-9H2,1-4H3;2-5,9H,6-7H2;2*1-2H3;/q2*-1;;;+1. The molecule has 0 unspecified atom stereocenters. The van der Waals surface area contributed by atoms with E-state index in [1.807, 2.05) is 39.8 Å². The first-order valence-electron chi connectivity index (χ1n) is 11.9. The number of nitrogens with zero attached hydrogens (tertiary/aromatic N) is 1. The summed E-state index contributed by atoms with van der Waals surface area (Å²) in [6.45, 7) is 14.2. The van der Waals surface area contributed by atoms with E-state index >= 15 is 0 Å². The molecule has 0 bridgehead atoms. The van der Waals surface area contributed by atoms with E-state index in [2.05, 4.69) is 29.0 Å². The van der Waals surface area contributed by atoms with Crippen molar-refractivity contribution < 1.29 is 48.6 Å². The molecule has 1 saturated carbocycles. The Balaban J connectivity index is 0. The van der Waals surface area contributed by atoms with E-state index in [9.17, 15) is 9.59 Å². The Labute approximate surface area is 229 Å². The van der Waals surface area contributed by atoms with Crippen molar-refractivity contribution in [2.45, 2.75) is 85.7 Å². The van der Waals surface area contributed by atoms with Gasteiger partial charge in [-0.1, -0.05) is 34.1 Å². The molecule has 1 aromatic carbocycles. The summed E-state index contributed by atoms with van der Waals surface area (Å²) in [7, 11) is 1.28. The fourth-order valence-electron chi connectivity index (χ4n) is 2.76. The van der Waals surface area contributed by atoms with E-state index in [0.29, 0.717) is 18.5 Å². The predicted octanol–water partition coefficient (Wildman–Crippen LogP) is 3.36. The van der Waals surface area contributed by atoms with Crippen LogP contribution >= 0.6 is 0 Å². The van der Waals surface area contributed by atoms with Crippen molar-refractivity contribution in [2.24, 2.45) is 0 Å². The molecule has 0 saturated heterocycles. The number of hydrogen-bond acceptors (Lipinski definition) is 5. The molecule has 0 spiro atoms. The zero-order valence-corrected chi connectivity index (χ0v) is 24.7. The first-order valence-corrected chi connectivity index (χ1v) is 11.9. The van der Waals surface area contributed by atoms with Crippen molar-refractivity contribution in [1.29, 1.82) is 5.41 Å². The SMILES string of the molecule is CC.CC.COC(=O)CC(=N)C1=[C-]CCN(C(=O)OC(C)(C)C)C1.[Na+].[c-]1ccc(C2CC2)cc1. The van der Waals surface area contributed by atoms with Crippen LogP contribution in [0.3, 0.4) is 0 Å². The van der Waals surface area contributed by atoms with Crippen LogP contribution < -0.4 is 29.6 Å². The average molecular weight is 482 g/mol. The topological polar surface area (TPSA) is 79.7 Å². The molecular weight excluding hydrogens is 439 g/mol. The monoisotopic (exact) mass is 481 g/mol. The van der Waals surface area contributed by atoms with Crippen molar-refractivity contribution in [3.8, 4) is 0 Å². The Morgan fingerprint density at radius 3 is 2.15 bits per heavy atom. The quantitative estimate of drug-likeness (QED) is 0.310. The van der Waals surface area contributed by atoms with Gasteiger partial charge in [0.2, 0.25) is 0 Å². The van der Waals surface area contributed by atoms with E-state index in [0.717, 1.165) is 5.92 Å². The summed E-state index contributed by atoms with van der Waals surface area (Å²) in [4.78, 5) is 24.6. The molecule has 1 heterocycles. The van der Waals surface area contributed by atoms with Crippen LogP contribution in [0.1, 0.15) is 85.6 Å². The van der Waals surface area contributed by atoms with Crippen LogP contribution in [0, 0.1) is 17.6 Å². The van der Waals surface area contributed by atoms with Crippen LogP contribution in [0.25, 0.3) is 0 Å². The number of rotatable bonds is 4. The Morgan fingerprint density at radius 2 is 1.68 bits per heavy atom. The van der Waals surface area contributed by atoms with Gasteiger partial charge in [-0.15, -0.1) is 5.71 Å². The van der Waals surface area contributed by atoms with Crippen LogP contribution in [0.2, 0.25) is 0 Å². The first kappa shape index (κ1) is 34.5. The van der Waals surface area contributed by atoms with Gasteiger partial charge in [0.05, 0.1) is 7.11 Å². The second kappa shape index (κ2) is 18.7. The van der Waals surface area contributed by atoms with Gasteiger partial charge in [0, 0.05) is 19.5 Å². The van der Waals surface area contributed by atoms with Gasteiger partial charge >= 0.3 is 35.7 Å². The minimum absolute atomic E-state index is 0. The summed E-state index contributed by atoms with van der Waals surface area (Å²) in [5.41, 5.74) is 1.62. The van der Waals surface area contributed by atoms with Gasteiger partial charge in [-0.2, -0.15) is 41.5 Å². The number of methoxy groups -OCH3 is 1. The Kier molecular flexibility index (Phi) is 19.0. The molecule has 1 aliphatic carbocycles. The molecule has 3 rings (SSSR count). The van der Waals surface area contributed by atoms with Crippen LogP contribution in [0.4, 0.5) is 4.79 Å². The number of amides is 1. The van der Waals surface area contributed by atoms with Gasteiger partial charge in [-0.25, -0.2) is 4.79 Å². The number of carbonyl (C=O) groups excluding carboxylic acids is 2. The zero-order chi connectivity index (χ0) is 25.4. The number of ether oxygens (including phenoxy) is 2. The minimum atomic E-state index is -0.554. The molecule has 7 heteroatoms. The Morgan fingerprint density at radius 1 is 1.12 bits per heavy atom. The maximum absolute atomic E-state index is 12.0. The summed E-state index contributed by atoms with van der Waals surface area (Å²) >= 11 is 0. The van der Waals surface area contributed by atoms with E-state index in [-0.39, 0.29) is 48.2 Å². The van der Waals surface area contributed by atoms with Gasteiger partial charge in [0.25, 0.3) is 5.97 Å². The summed E-state index contributed by atoms with van der Waals surface area (Å²) < 4.78 is 9.82. The fourth-order valence-corrected chi connectivity index (χ4v) is 2.76. The average Bonchev–Trinajstić information content (AvgIpc) is 3.67. The van der Waals surface area contributed by atoms with Crippen LogP contribution in [0.5, 0.6) is 0 Å². The number of nitrogens with one attached hydrogen (secondary N) is 1. The molecule has 1 aromatic rings. The first-order chi connectivity index (χ1) is 15.7. The third-order valence-electron chi connectivity index (χ3n) is 4.43. The van der Waals surface area contributed by atoms with Crippen molar-refractivity contribution in [3.63, 3.8) is 0 Å². The minimum Gasteiger partial charge on any atom is -0.470 e. The zero-order valence-electron chi connectivity index (χ0n) is 22.7. The molecule has 1 fully saturated rings. The normalized spacial score (nSPS) is 14.1. The number of benzene rings is 1.